The maximum Gasteiger partial charge on any atom is 2.00 e. The van der Waals surface area contributed by atoms with E-state index in [-0.39, 0.29) is 32.3 Å². The Kier molecular flexibility index (Phi) is 8.61. The summed E-state index contributed by atoms with van der Waals surface area (Å²) < 4.78 is 0. The van der Waals surface area contributed by atoms with Crippen molar-refractivity contribution < 1.29 is 69.3 Å². The number of carbonyl (C=O) groups excluding carboxylic acids is 4. The minimum absolute atomic E-state index is 0. The van der Waals surface area contributed by atoms with Gasteiger partial charge in [0.1, 0.15) is 0 Å². The molecule has 0 spiro atoms. The fourth-order valence-corrected chi connectivity index (χ4v) is 2.13. The number of rotatable bonds is 2. The van der Waals surface area contributed by atoms with Crippen LogP contribution in [0, 0.1) is 11.8 Å². The molecular weight excluding hydrogens is 394 g/mol. The first kappa shape index (κ1) is 22.9. The Morgan fingerprint density at radius 3 is 1.32 bits per heavy atom. The number of carboxylic acids is 2. The van der Waals surface area contributed by atoms with Gasteiger partial charge in [-0.3, -0.25) is 9.59 Å². The van der Waals surface area contributed by atoms with Crippen molar-refractivity contribution >= 4 is 23.5 Å². The van der Waals surface area contributed by atoms with E-state index in [1.807, 2.05) is 0 Å². The molecule has 4 N–H and O–H groups in total. The molecule has 0 aromatic heterocycles. The van der Waals surface area contributed by atoms with Crippen LogP contribution >= 0.6 is 0 Å². The number of hydrogen-bond donors (Lipinski definition) is 4. The van der Waals surface area contributed by atoms with Crippen LogP contribution in [0.1, 0.15) is 12.8 Å². The number of allylic oxidation sites excluding steroid dienone is 2. The zero-order valence-electron chi connectivity index (χ0n) is 12.8. The SMILES string of the molecule is O=C([O-])C1C(=O)C(O)=CCC1O.O=C([O-])C1C(=O)C(O)=CCC1O.[Zn+2]. The molecule has 4 atom stereocenters. The summed E-state index contributed by atoms with van der Waals surface area (Å²) in [6.07, 6.45) is -0.498. The van der Waals surface area contributed by atoms with Gasteiger partial charge in [-0.05, 0) is 25.0 Å². The summed E-state index contributed by atoms with van der Waals surface area (Å²) in [4.78, 5) is 42.3. The number of hydrogen-bond acceptors (Lipinski definition) is 10. The van der Waals surface area contributed by atoms with Crippen LogP contribution in [-0.4, -0.2) is 56.1 Å². The molecule has 25 heavy (non-hydrogen) atoms. The van der Waals surface area contributed by atoms with E-state index < -0.39 is 59.1 Å². The Bertz CT molecular complexity index is 569. The Morgan fingerprint density at radius 1 is 0.840 bits per heavy atom. The number of carboxylic acid groups (broad SMARTS) is 2. The van der Waals surface area contributed by atoms with Crippen LogP contribution < -0.4 is 10.2 Å². The average molecular weight is 408 g/mol. The van der Waals surface area contributed by atoms with Gasteiger partial charge < -0.3 is 40.2 Å². The molecule has 2 aliphatic rings. The summed E-state index contributed by atoms with van der Waals surface area (Å²) in [7, 11) is 0. The van der Waals surface area contributed by atoms with Gasteiger partial charge in [0.05, 0.1) is 36.0 Å². The first-order valence-corrected chi connectivity index (χ1v) is 6.72. The third kappa shape index (κ3) is 5.45. The first-order valence-electron chi connectivity index (χ1n) is 6.72. The van der Waals surface area contributed by atoms with E-state index >= 15 is 0 Å². The quantitative estimate of drug-likeness (QED) is 0.261. The Hall–Kier alpha value is -2.10. The van der Waals surface area contributed by atoms with Gasteiger partial charge in [-0.2, -0.15) is 0 Å². The van der Waals surface area contributed by atoms with Gasteiger partial charge >= 0.3 is 19.5 Å². The summed E-state index contributed by atoms with van der Waals surface area (Å²) in [5.41, 5.74) is 0. The van der Waals surface area contributed by atoms with Gasteiger partial charge in [0.2, 0.25) is 11.6 Å². The van der Waals surface area contributed by atoms with Crippen LogP contribution in [0.25, 0.3) is 0 Å². The fourth-order valence-electron chi connectivity index (χ4n) is 2.13. The third-order valence-electron chi connectivity index (χ3n) is 3.45. The molecule has 0 radical (unpaired) electrons. The van der Waals surface area contributed by atoms with E-state index in [1.165, 1.54) is 0 Å². The second-order valence-corrected chi connectivity index (χ2v) is 5.11. The van der Waals surface area contributed by atoms with Crippen molar-refractivity contribution in [2.75, 3.05) is 0 Å². The molecule has 0 saturated heterocycles. The molecule has 10 nitrogen and oxygen atoms in total. The Morgan fingerprint density at radius 2 is 1.12 bits per heavy atom. The number of Topliss-reactive ketones (excluding diaryl/α,β-unsaturated/α-hetero) is 2. The van der Waals surface area contributed by atoms with Crippen LogP contribution in [-0.2, 0) is 38.7 Å². The Labute approximate surface area is 153 Å². The van der Waals surface area contributed by atoms with E-state index in [0.29, 0.717) is 0 Å². The molecule has 132 valence electrons. The molecule has 0 aliphatic heterocycles. The second-order valence-electron chi connectivity index (χ2n) is 5.11. The van der Waals surface area contributed by atoms with Gasteiger partial charge in [-0.1, -0.05) is 0 Å². The molecule has 0 bridgehead atoms. The normalized spacial score (nSPS) is 28.6. The molecule has 0 aromatic rings. The molecule has 0 aromatic carbocycles. The standard InChI is InChI=1S/2C7H8O5.Zn/c2*8-3-1-2-4(9)6(10)5(3)7(11)12;/h2*2-3,5,8-9H,1H2,(H,11,12);/q;;+2/p-2. The van der Waals surface area contributed by atoms with Crippen LogP contribution in [0.2, 0.25) is 0 Å². The van der Waals surface area contributed by atoms with Crippen LogP contribution in [0.15, 0.2) is 23.7 Å². The number of aliphatic hydroxyl groups is 4. The molecule has 0 heterocycles. The van der Waals surface area contributed by atoms with Crippen molar-refractivity contribution in [3.63, 3.8) is 0 Å². The van der Waals surface area contributed by atoms with Gasteiger partial charge in [0.25, 0.3) is 0 Å². The van der Waals surface area contributed by atoms with E-state index in [2.05, 4.69) is 0 Å². The van der Waals surface area contributed by atoms with Crippen LogP contribution in [0.5, 0.6) is 0 Å². The zero-order chi connectivity index (χ0) is 18.6. The van der Waals surface area contributed by atoms with Gasteiger partial charge in [-0.15, -0.1) is 0 Å². The predicted molar refractivity (Wildman–Crippen MR) is 69.7 cm³/mol. The first-order chi connectivity index (χ1) is 11.1. The monoisotopic (exact) mass is 406 g/mol. The van der Waals surface area contributed by atoms with Crippen molar-refractivity contribution in [3.8, 4) is 0 Å². The molecule has 2 rings (SSSR count). The zero-order valence-corrected chi connectivity index (χ0v) is 15.8. The van der Waals surface area contributed by atoms with Gasteiger partial charge in [-0.25, -0.2) is 0 Å². The topological polar surface area (TPSA) is 195 Å². The maximum absolute atomic E-state index is 10.9. The fraction of sp³-hybridized carbons (Fsp3) is 0.429. The molecule has 11 heteroatoms. The summed E-state index contributed by atoms with van der Waals surface area (Å²) >= 11 is 0. The molecule has 2 aliphatic carbocycles. The largest absolute Gasteiger partial charge is 2.00 e. The van der Waals surface area contributed by atoms with Crippen molar-refractivity contribution in [1.29, 1.82) is 0 Å². The summed E-state index contributed by atoms with van der Waals surface area (Å²) in [6.45, 7) is 0. The van der Waals surface area contributed by atoms with E-state index in [4.69, 9.17) is 20.4 Å². The van der Waals surface area contributed by atoms with E-state index in [0.717, 1.165) is 12.2 Å². The molecule has 4 unspecified atom stereocenters. The van der Waals surface area contributed by atoms with Gasteiger partial charge in [0, 0.05) is 0 Å². The van der Waals surface area contributed by atoms with Crippen molar-refractivity contribution in [1.82, 2.24) is 0 Å². The van der Waals surface area contributed by atoms with Crippen molar-refractivity contribution in [2.24, 2.45) is 11.8 Å². The smallest absolute Gasteiger partial charge is 0.549 e. The van der Waals surface area contributed by atoms with E-state index in [9.17, 15) is 29.4 Å². The summed E-state index contributed by atoms with van der Waals surface area (Å²) in [5.74, 6) is -9.80. The third-order valence-corrected chi connectivity index (χ3v) is 3.45. The number of aliphatic hydroxyl groups excluding tert-OH is 4. The maximum atomic E-state index is 10.9. The molecule has 0 saturated carbocycles. The van der Waals surface area contributed by atoms with Gasteiger partial charge in [0.15, 0.2) is 11.5 Å². The average Bonchev–Trinajstić information content (AvgIpc) is 2.48. The molecular formula is C14H14O10Zn. The van der Waals surface area contributed by atoms with Crippen molar-refractivity contribution in [3.05, 3.63) is 23.7 Å². The summed E-state index contributed by atoms with van der Waals surface area (Å²) in [6, 6.07) is 0. The number of ketones is 2. The minimum atomic E-state index is -1.66. The van der Waals surface area contributed by atoms with Crippen LogP contribution in [0.4, 0.5) is 0 Å². The predicted octanol–water partition coefficient (Wildman–Crippen LogP) is -3.75. The minimum Gasteiger partial charge on any atom is -0.549 e. The number of aliphatic carboxylic acids is 2. The number of carbonyl (C=O) groups is 4. The Balaban J connectivity index is 0.000000443. The van der Waals surface area contributed by atoms with Crippen molar-refractivity contribution in [2.45, 2.75) is 25.0 Å². The van der Waals surface area contributed by atoms with Crippen LogP contribution in [0.3, 0.4) is 0 Å². The molecule has 0 amide bonds. The second kappa shape index (κ2) is 9.40. The summed E-state index contributed by atoms with van der Waals surface area (Å²) in [5, 5.41) is 56.3. The van der Waals surface area contributed by atoms with E-state index in [1.54, 1.807) is 0 Å². The molecule has 0 fully saturated rings.